The van der Waals surface area contributed by atoms with Crippen molar-refractivity contribution >= 4 is 0 Å². The summed E-state index contributed by atoms with van der Waals surface area (Å²) in [7, 11) is 0. The SMILES string of the molecule is Oc1ccc(CNCCC2=CCCC2)c(O)c1O. The Balaban J connectivity index is 1.81. The summed E-state index contributed by atoms with van der Waals surface area (Å²) in [6.45, 7) is 1.33. The maximum atomic E-state index is 9.63. The second-order valence-corrected chi connectivity index (χ2v) is 4.62. The topological polar surface area (TPSA) is 72.7 Å². The van der Waals surface area contributed by atoms with Crippen LogP contribution in [-0.2, 0) is 6.54 Å². The molecular weight excluding hydrogens is 230 g/mol. The molecule has 1 aliphatic carbocycles. The maximum absolute atomic E-state index is 9.63. The van der Waals surface area contributed by atoms with E-state index in [1.165, 1.54) is 30.9 Å². The van der Waals surface area contributed by atoms with Crippen LogP contribution in [0.2, 0.25) is 0 Å². The van der Waals surface area contributed by atoms with Crippen molar-refractivity contribution in [2.24, 2.45) is 0 Å². The molecule has 0 radical (unpaired) electrons. The maximum Gasteiger partial charge on any atom is 0.200 e. The van der Waals surface area contributed by atoms with E-state index in [0.29, 0.717) is 12.1 Å². The number of nitrogens with one attached hydrogen (secondary N) is 1. The molecule has 0 amide bonds. The van der Waals surface area contributed by atoms with Crippen LogP contribution < -0.4 is 5.32 Å². The molecule has 1 aromatic carbocycles. The number of rotatable bonds is 5. The highest BCUT2D eigenvalue weighted by molar-refractivity contribution is 5.52. The Labute approximate surface area is 107 Å². The summed E-state index contributed by atoms with van der Waals surface area (Å²) < 4.78 is 0. The van der Waals surface area contributed by atoms with Gasteiger partial charge in [-0.05, 0) is 38.3 Å². The van der Waals surface area contributed by atoms with E-state index < -0.39 is 5.75 Å². The smallest absolute Gasteiger partial charge is 0.200 e. The van der Waals surface area contributed by atoms with E-state index in [1.807, 2.05) is 0 Å². The molecule has 0 aliphatic heterocycles. The van der Waals surface area contributed by atoms with Crippen molar-refractivity contribution in [1.29, 1.82) is 0 Å². The lowest BCUT2D eigenvalue weighted by Crippen LogP contribution is -2.15. The highest BCUT2D eigenvalue weighted by Gasteiger charge is 2.10. The molecule has 98 valence electrons. The third kappa shape index (κ3) is 2.96. The zero-order valence-corrected chi connectivity index (χ0v) is 10.3. The van der Waals surface area contributed by atoms with E-state index in [4.69, 9.17) is 0 Å². The van der Waals surface area contributed by atoms with Gasteiger partial charge >= 0.3 is 0 Å². The zero-order valence-electron chi connectivity index (χ0n) is 10.3. The monoisotopic (exact) mass is 249 g/mol. The van der Waals surface area contributed by atoms with Crippen molar-refractivity contribution in [3.05, 3.63) is 29.3 Å². The molecule has 0 spiro atoms. The molecule has 0 fully saturated rings. The Hall–Kier alpha value is -1.68. The van der Waals surface area contributed by atoms with Crippen LogP contribution in [-0.4, -0.2) is 21.9 Å². The first-order valence-electron chi connectivity index (χ1n) is 6.30. The molecule has 0 bridgehead atoms. The van der Waals surface area contributed by atoms with E-state index in [9.17, 15) is 15.3 Å². The summed E-state index contributed by atoms with van der Waals surface area (Å²) in [6.07, 6.45) is 6.99. The van der Waals surface area contributed by atoms with Crippen LogP contribution in [0.25, 0.3) is 0 Å². The minimum absolute atomic E-state index is 0.248. The first kappa shape index (κ1) is 12.8. The van der Waals surface area contributed by atoms with Gasteiger partial charge in [-0.2, -0.15) is 0 Å². The Bertz CT molecular complexity index is 455. The van der Waals surface area contributed by atoms with Gasteiger partial charge in [0, 0.05) is 12.1 Å². The Morgan fingerprint density at radius 3 is 2.67 bits per heavy atom. The summed E-state index contributed by atoms with van der Waals surface area (Å²) in [5.74, 6) is -0.997. The number of phenols is 3. The van der Waals surface area contributed by atoms with Gasteiger partial charge < -0.3 is 20.6 Å². The van der Waals surface area contributed by atoms with Crippen molar-refractivity contribution < 1.29 is 15.3 Å². The van der Waals surface area contributed by atoms with Gasteiger partial charge in [0.05, 0.1) is 0 Å². The zero-order chi connectivity index (χ0) is 13.0. The molecule has 4 heteroatoms. The fraction of sp³-hybridized carbons (Fsp3) is 0.429. The summed E-state index contributed by atoms with van der Waals surface area (Å²) in [5.41, 5.74) is 2.09. The van der Waals surface area contributed by atoms with Crippen molar-refractivity contribution in [2.45, 2.75) is 32.2 Å². The van der Waals surface area contributed by atoms with Gasteiger partial charge in [-0.15, -0.1) is 0 Å². The van der Waals surface area contributed by atoms with E-state index in [-0.39, 0.29) is 11.5 Å². The molecule has 0 heterocycles. The van der Waals surface area contributed by atoms with Gasteiger partial charge in [-0.1, -0.05) is 17.7 Å². The van der Waals surface area contributed by atoms with Crippen LogP contribution in [0.3, 0.4) is 0 Å². The van der Waals surface area contributed by atoms with Gasteiger partial charge in [0.25, 0.3) is 0 Å². The number of allylic oxidation sites excluding steroid dienone is 1. The van der Waals surface area contributed by atoms with Crippen molar-refractivity contribution in [3.8, 4) is 17.2 Å². The molecule has 1 aliphatic rings. The minimum atomic E-state index is -0.451. The van der Waals surface area contributed by atoms with Crippen LogP contribution in [0.15, 0.2) is 23.8 Å². The predicted octanol–water partition coefficient (Wildman–Crippen LogP) is 2.39. The first-order chi connectivity index (χ1) is 8.68. The highest BCUT2D eigenvalue weighted by atomic mass is 16.3. The van der Waals surface area contributed by atoms with Crippen LogP contribution in [0.1, 0.15) is 31.2 Å². The van der Waals surface area contributed by atoms with Gasteiger partial charge in [-0.25, -0.2) is 0 Å². The van der Waals surface area contributed by atoms with Gasteiger partial charge in [-0.3, -0.25) is 0 Å². The van der Waals surface area contributed by atoms with Gasteiger partial charge in [0.1, 0.15) is 0 Å². The second-order valence-electron chi connectivity index (χ2n) is 4.62. The quantitative estimate of drug-likeness (QED) is 0.367. The Morgan fingerprint density at radius 1 is 1.11 bits per heavy atom. The average Bonchev–Trinajstić information content (AvgIpc) is 2.87. The molecule has 18 heavy (non-hydrogen) atoms. The number of benzene rings is 1. The van der Waals surface area contributed by atoms with E-state index in [0.717, 1.165) is 13.0 Å². The summed E-state index contributed by atoms with van der Waals surface area (Å²) in [5, 5.41) is 31.4. The lowest BCUT2D eigenvalue weighted by Gasteiger charge is -2.09. The lowest BCUT2D eigenvalue weighted by atomic mass is 10.1. The van der Waals surface area contributed by atoms with Crippen LogP contribution in [0.4, 0.5) is 0 Å². The van der Waals surface area contributed by atoms with Crippen LogP contribution >= 0.6 is 0 Å². The third-order valence-electron chi connectivity index (χ3n) is 3.29. The van der Waals surface area contributed by atoms with E-state index in [2.05, 4.69) is 11.4 Å². The molecule has 0 atom stereocenters. The molecule has 0 unspecified atom stereocenters. The van der Waals surface area contributed by atoms with Crippen LogP contribution in [0, 0.1) is 0 Å². The van der Waals surface area contributed by atoms with Crippen molar-refractivity contribution in [1.82, 2.24) is 5.32 Å². The fourth-order valence-corrected chi connectivity index (χ4v) is 2.19. The second kappa shape index (κ2) is 5.78. The molecule has 0 aromatic heterocycles. The average molecular weight is 249 g/mol. The Morgan fingerprint density at radius 2 is 1.94 bits per heavy atom. The fourth-order valence-electron chi connectivity index (χ4n) is 2.19. The molecule has 2 rings (SSSR count). The largest absolute Gasteiger partial charge is 0.504 e. The predicted molar refractivity (Wildman–Crippen MR) is 69.7 cm³/mol. The number of hydrogen-bond acceptors (Lipinski definition) is 4. The minimum Gasteiger partial charge on any atom is -0.504 e. The summed E-state index contributed by atoms with van der Waals surface area (Å²) in [6, 6.07) is 2.98. The number of aromatic hydroxyl groups is 3. The van der Waals surface area contributed by atoms with Crippen LogP contribution in [0.5, 0.6) is 17.2 Å². The third-order valence-corrected chi connectivity index (χ3v) is 3.29. The molecule has 0 saturated carbocycles. The summed E-state index contributed by atoms with van der Waals surface area (Å²) >= 11 is 0. The van der Waals surface area contributed by atoms with Gasteiger partial charge in [0.15, 0.2) is 11.5 Å². The molecule has 4 N–H and O–H groups in total. The lowest BCUT2D eigenvalue weighted by molar-refractivity contribution is 0.364. The molecule has 4 nitrogen and oxygen atoms in total. The number of hydrogen-bond donors (Lipinski definition) is 4. The van der Waals surface area contributed by atoms with E-state index in [1.54, 1.807) is 6.07 Å². The van der Waals surface area contributed by atoms with Gasteiger partial charge in [0.2, 0.25) is 5.75 Å². The summed E-state index contributed by atoms with van der Waals surface area (Å²) in [4.78, 5) is 0. The molecular formula is C14H19NO3. The standard InChI is InChI=1S/C14H19NO3/c16-12-6-5-11(13(17)14(12)18)9-15-8-7-10-3-1-2-4-10/h3,5-6,15-18H,1-2,4,7-9H2. The Kier molecular flexibility index (Phi) is 4.10. The van der Waals surface area contributed by atoms with E-state index >= 15 is 0 Å². The molecule has 0 saturated heterocycles. The van der Waals surface area contributed by atoms with Crippen molar-refractivity contribution in [2.75, 3.05) is 6.54 Å². The molecule has 1 aromatic rings. The highest BCUT2D eigenvalue weighted by Crippen LogP contribution is 2.36. The normalized spacial score (nSPS) is 14.8. The first-order valence-corrected chi connectivity index (χ1v) is 6.30. The van der Waals surface area contributed by atoms with Crippen molar-refractivity contribution in [3.63, 3.8) is 0 Å². The number of phenolic OH excluding ortho intramolecular Hbond substituents is 3.